The Hall–Kier alpha value is -1.54. The van der Waals surface area contributed by atoms with Crippen LogP contribution in [0.15, 0.2) is 48.7 Å². The molecule has 0 aliphatic carbocycles. The van der Waals surface area contributed by atoms with Crippen LogP contribution in [0.4, 0.5) is 0 Å². The first kappa shape index (κ1) is 14.9. The molecule has 0 bridgehead atoms. The molecule has 1 aromatic carbocycles. The molecule has 20 heavy (non-hydrogen) atoms. The number of nitrogens with zero attached hydrogens (tertiary/aromatic N) is 1. The van der Waals surface area contributed by atoms with E-state index in [1.807, 2.05) is 0 Å². The minimum absolute atomic E-state index is 0.404. The van der Waals surface area contributed by atoms with Crippen LogP contribution in [0, 0.1) is 5.92 Å². The summed E-state index contributed by atoms with van der Waals surface area (Å²) >= 11 is 0. The molecular weight excluding hydrogens is 244 g/mol. The first-order valence-corrected chi connectivity index (χ1v) is 7.64. The van der Waals surface area contributed by atoms with Crippen LogP contribution >= 0.6 is 0 Å². The van der Waals surface area contributed by atoms with Gasteiger partial charge in [0.05, 0.1) is 0 Å². The van der Waals surface area contributed by atoms with Gasteiger partial charge < -0.3 is 9.88 Å². The summed E-state index contributed by atoms with van der Waals surface area (Å²) in [4.78, 5) is 0. The van der Waals surface area contributed by atoms with Gasteiger partial charge in [-0.15, -0.1) is 0 Å². The van der Waals surface area contributed by atoms with Crippen LogP contribution in [-0.2, 0) is 13.1 Å². The Labute approximate surface area is 122 Å². The first-order valence-electron chi connectivity index (χ1n) is 7.64. The maximum Gasteiger partial charge on any atom is 0.0364 e. The van der Waals surface area contributed by atoms with E-state index in [0.29, 0.717) is 12.0 Å². The van der Waals surface area contributed by atoms with E-state index >= 15 is 0 Å². The summed E-state index contributed by atoms with van der Waals surface area (Å²) in [5.41, 5.74) is 2.74. The average molecular weight is 270 g/mol. The molecule has 108 valence electrons. The van der Waals surface area contributed by atoms with Gasteiger partial charge >= 0.3 is 0 Å². The molecule has 2 rings (SSSR count). The van der Waals surface area contributed by atoms with Gasteiger partial charge in [0.2, 0.25) is 0 Å². The highest BCUT2D eigenvalue weighted by molar-refractivity contribution is 5.19. The molecule has 0 aliphatic heterocycles. The molecule has 0 fully saturated rings. The molecule has 1 heterocycles. The lowest BCUT2D eigenvalue weighted by Crippen LogP contribution is -2.26. The van der Waals surface area contributed by atoms with E-state index in [1.54, 1.807) is 0 Å². The van der Waals surface area contributed by atoms with E-state index in [-0.39, 0.29) is 0 Å². The van der Waals surface area contributed by atoms with Gasteiger partial charge in [-0.1, -0.05) is 51.1 Å². The summed E-state index contributed by atoms with van der Waals surface area (Å²) in [6.07, 6.45) is 3.35. The highest BCUT2D eigenvalue weighted by Crippen LogP contribution is 2.21. The van der Waals surface area contributed by atoms with Crippen LogP contribution in [0.1, 0.15) is 44.5 Å². The molecule has 1 unspecified atom stereocenters. The number of hydrogen-bond acceptors (Lipinski definition) is 1. The Balaban J connectivity index is 2.04. The Morgan fingerprint density at radius 1 is 1.05 bits per heavy atom. The van der Waals surface area contributed by atoms with Gasteiger partial charge in [-0.3, -0.25) is 0 Å². The molecule has 0 saturated carbocycles. The number of nitrogens with one attached hydrogen (secondary N) is 1. The van der Waals surface area contributed by atoms with Gasteiger partial charge in [0.25, 0.3) is 0 Å². The van der Waals surface area contributed by atoms with Crippen molar-refractivity contribution in [2.75, 3.05) is 0 Å². The van der Waals surface area contributed by atoms with Crippen LogP contribution in [0.2, 0.25) is 0 Å². The Morgan fingerprint density at radius 3 is 2.45 bits per heavy atom. The van der Waals surface area contributed by atoms with E-state index in [1.165, 1.54) is 17.7 Å². The fraction of sp³-hybridized carbons (Fsp3) is 0.444. The van der Waals surface area contributed by atoms with Crippen molar-refractivity contribution in [2.24, 2.45) is 5.92 Å². The van der Waals surface area contributed by atoms with Crippen LogP contribution in [0.25, 0.3) is 0 Å². The maximum atomic E-state index is 3.72. The molecule has 1 aromatic heterocycles. The number of rotatable bonds is 7. The van der Waals surface area contributed by atoms with Crippen LogP contribution < -0.4 is 5.32 Å². The van der Waals surface area contributed by atoms with E-state index in [2.05, 4.69) is 79.3 Å². The molecule has 0 radical (unpaired) electrons. The number of hydrogen-bond donors (Lipinski definition) is 1. The van der Waals surface area contributed by atoms with Crippen LogP contribution in [0.5, 0.6) is 0 Å². The fourth-order valence-corrected chi connectivity index (χ4v) is 2.68. The number of aromatic nitrogens is 1. The van der Waals surface area contributed by atoms with Gasteiger partial charge in [0.1, 0.15) is 0 Å². The zero-order valence-corrected chi connectivity index (χ0v) is 12.8. The smallest absolute Gasteiger partial charge is 0.0364 e. The zero-order chi connectivity index (χ0) is 14.4. The Morgan fingerprint density at radius 2 is 1.80 bits per heavy atom. The molecule has 2 aromatic rings. The third-order valence-electron chi connectivity index (χ3n) is 3.72. The molecule has 1 atom stereocenters. The van der Waals surface area contributed by atoms with Gasteiger partial charge in [-0.05, 0) is 30.0 Å². The third-order valence-corrected chi connectivity index (χ3v) is 3.72. The van der Waals surface area contributed by atoms with E-state index < -0.39 is 0 Å². The predicted octanol–water partition coefficient (Wildman–Crippen LogP) is 4.39. The Kier molecular flexibility index (Phi) is 5.42. The van der Waals surface area contributed by atoms with E-state index in [9.17, 15) is 0 Å². The summed E-state index contributed by atoms with van der Waals surface area (Å²) in [5.74, 6) is 0.576. The molecule has 1 N–H and O–H groups in total. The lowest BCUT2D eigenvalue weighted by atomic mass is 9.96. The standard InChI is InChI=1S/C18H26N2/c1-4-12-20-13-8-11-17(20)14-19-18(15(2)3)16-9-6-5-7-10-16/h5-11,13,15,18-19H,4,12,14H2,1-3H3. The molecule has 0 spiro atoms. The van der Waals surface area contributed by atoms with Crippen LogP contribution in [-0.4, -0.2) is 4.57 Å². The minimum atomic E-state index is 0.404. The summed E-state index contributed by atoms with van der Waals surface area (Å²) in [7, 11) is 0. The molecule has 0 amide bonds. The van der Waals surface area contributed by atoms with Gasteiger partial charge in [0.15, 0.2) is 0 Å². The predicted molar refractivity (Wildman–Crippen MR) is 85.6 cm³/mol. The monoisotopic (exact) mass is 270 g/mol. The summed E-state index contributed by atoms with van der Waals surface area (Å²) in [5, 5.41) is 3.72. The van der Waals surface area contributed by atoms with E-state index in [4.69, 9.17) is 0 Å². The van der Waals surface area contributed by atoms with E-state index in [0.717, 1.165) is 13.1 Å². The highest BCUT2D eigenvalue weighted by atomic mass is 15.0. The lowest BCUT2D eigenvalue weighted by Gasteiger charge is -2.23. The molecule has 0 saturated heterocycles. The average Bonchev–Trinajstić information content (AvgIpc) is 2.88. The zero-order valence-electron chi connectivity index (χ0n) is 12.8. The van der Waals surface area contributed by atoms with Crippen molar-refractivity contribution in [2.45, 2.75) is 46.3 Å². The topological polar surface area (TPSA) is 17.0 Å². The summed E-state index contributed by atoms with van der Waals surface area (Å²) in [6, 6.07) is 15.5. The van der Waals surface area contributed by atoms with Crippen LogP contribution in [0.3, 0.4) is 0 Å². The normalized spacial score (nSPS) is 12.8. The van der Waals surface area contributed by atoms with Crippen molar-refractivity contribution in [3.8, 4) is 0 Å². The number of aryl methyl sites for hydroxylation is 1. The van der Waals surface area contributed by atoms with Crippen molar-refractivity contribution in [3.05, 3.63) is 59.9 Å². The summed E-state index contributed by atoms with van der Waals surface area (Å²) in [6.45, 7) is 8.79. The van der Waals surface area contributed by atoms with Crippen molar-refractivity contribution in [1.82, 2.24) is 9.88 Å². The summed E-state index contributed by atoms with van der Waals surface area (Å²) < 4.78 is 2.34. The molecular formula is C18H26N2. The van der Waals surface area contributed by atoms with Crippen molar-refractivity contribution < 1.29 is 0 Å². The van der Waals surface area contributed by atoms with Gasteiger partial charge in [0, 0.05) is 31.0 Å². The molecule has 2 nitrogen and oxygen atoms in total. The largest absolute Gasteiger partial charge is 0.350 e. The van der Waals surface area contributed by atoms with Gasteiger partial charge in [-0.2, -0.15) is 0 Å². The van der Waals surface area contributed by atoms with Crippen molar-refractivity contribution in [3.63, 3.8) is 0 Å². The quantitative estimate of drug-likeness (QED) is 0.790. The highest BCUT2D eigenvalue weighted by Gasteiger charge is 2.15. The SMILES string of the molecule is CCCn1cccc1CNC(c1ccccc1)C(C)C. The Bertz CT molecular complexity index is 499. The first-order chi connectivity index (χ1) is 9.72. The van der Waals surface area contributed by atoms with Crippen molar-refractivity contribution >= 4 is 0 Å². The minimum Gasteiger partial charge on any atom is -0.350 e. The maximum absolute atomic E-state index is 3.72. The van der Waals surface area contributed by atoms with Gasteiger partial charge in [-0.25, -0.2) is 0 Å². The van der Waals surface area contributed by atoms with Crippen molar-refractivity contribution in [1.29, 1.82) is 0 Å². The molecule has 2 heteroatoms. The second kappa shape index (κ2) is 7.30. The fourth-order valence-electron chi connectivity index (χ4n) is 2.68. The molecule has 0 aliphatic rings. The third kappa shape index (κ3) is 3.73. The number of benzene rings is 1. The second-order valence-electron chi connectivity index (χ2n) is 5.71. The lowest BCUT2D eigenvalue weighted by molar-refractivity contribution is 0.404. The second-order valence-corrected chi connectivity index (χ2v) is 5.71.